The summed E-state index contributed by atoms with van der Waals surface area (Å²) in [6, 6.07) is 0. The largest absolute Gasteiger partial charge is 0.480 e. The van der Waals surface area contributed by atoms with Gasteiger partial charge in [0.1, 0.15) is 5.54 Å². The van der Waals surface area contributed by atoms with Crippen molar-refractivity contribution in [1.29, 1.82) is 0 Å². The van der Waals surface area contributed by atoms with Crippen LogP contribution in [0.5, 0.6) is 0 Å². The van der Waals surface area contributed by atoms with Crippen LogP contribution in [0, 0.1) is 11.8 Å². The van der Waals surface area contributed by atoms with Crippen LogP contribution in [0.15, 0.2) is 0 Å². The molecule has 3 N–H and O–H groups in total. The lowest BCUT2D eigenvalue weighted by atomic mass is 9.98. The molecule has 2 atom stereocenters. The Kier molecular flexibility index (Phi) is 1.65. The SMILES string of the molecule is NC1(C(=O)O)CC1C1CCCC1. The van der Waals surface area contributed by atoms with Gasteiger partial charge in [-0.1, -0.05) is 25.7 Å². The molecule has 0 saturated heterocycles. The molecule has 2 rings (SSSR count). The molecule has 3 nitrogen and oxygen atoms in total. The van der Waals surface area contributed by atoms with Gasteiger partial charge in [-0.3, -0.25) is 4.79 Å². The molecule has 0 aromatic rings. The Morgan fingerprint density at radius 3 is 2.42 bits per heavy atom. The van der Waals surface area contributed by atoms with E-state index >= 15 is 0 Å². The number of rotatable bonds is 2. The van der Waals surface area contributed by atoms with Crippen LogP contribution < -0.4 is 5.73 Å². The predicted octanol–water partition coefficient (Wildman–Crippen LogP) is 0.979. The smallest absolute Gasteiger partial charge is 0.323 e. The predicted molar refractivity (Wildman–Crippen MR) is 44.6 cm³/mol. The fourth-order valence-corrected chi connectivity index (χ4v) is 2.50. The molecule has 2 saturated carbocycles. The monoisotopic (exact) mass is 169 g/mol. The standard InChI is InChI=1S/C9H15NO2/c10-9(8(11)12)5-7(9)6-3-1-2-4-6/h6-7H,1-5,10H2,(H,11,12). The molecule has 0 aromatic heterocycles. The minimum absolute atomic E-state index is 0.275. The second-order valence-electron chi connectivity index (χ2n) is 4.20. The fourth-order valence-electron chi connectivity index (χ4n) is 2.50. The number of hydrogen-bond donors (Lipinski definition) is 2. The topological polar surface area (TPSA) is 63.3 Å². The molecule has 12 heavy (non-hydrogen) atoms. The second-order valence-corrected chi connectivity index (χ2v) is 4.20. The van der Waals surface area contributed by atoms with Crippen molar-refractivity contribution in [1.82, 2.24) is 0 Å². The minimum Gasteiger partial charge on any atom is -0.480 e. The molecule has 0 aromatic carbocycles. The summed E-state index contributed by atoms with van der Waals surface area (Å²) in [5, 5.41) is 8.82. The van der Waals surface area contributed by atoms with E-state index in [1.165, 1.54) is 25.7 Å². The van der Waals surface area contributed by atoms with Gasteiger partial charge in [-0.15, -0.1) is 0 Å². The van der Waals surface area contributed by atoms with Gasteiger partial charge in [0.2, 0.25) is 0 Å². The Morgan fingerprint density at radius 2 is 2.00 bits per heavy atom. The van der Waals surface area contributed by atoms with Crippen molar-refractivity contribution in [3.05, 3.63) is 0 Å². The Morgan fingerprint density at radius 1 is 1.42 bits per heavy atom. The normalized spacial score (nSPS) is 41.6. The number of carboxylic acids is 1. The Labute approximate surface area is 71.9 Å². The molecule has 68 valence electrons. The van der Waals surface area contributed by atoms with E-state index in [1.807, 2.05) is 0 Å². The van der Waals surface area contributed by atoms with Crippen molar-refractivity contribution < 1.29 is 9.90 Å². The highest BCUT2D eigenvalue weighted by atomic mass is 16.4. The quantitative estimate of drug-likeness (QED) is 0.647. The van der Waals surface area contributed by atoms with Crippen LogP contribution in [-0.4, -0.2) is 16.6 Å². The van der Waals surface area contributed by atoms with Crippen LogP contribution in [0.1, 0.15) is 32.1 Å². The van der Waals surface area contributed by atoms with Gasteiger partial charge in [0.05, 0.1) is 0 Å². The highest BCUT2D eigenvalue weighted by molar-refractivity contribution is 5.82. The van der Waals surface area contributed by atoms with Gasteiger partial charge in [-0.05, 0) is 18.3 Å². The van der Waals surface area contributed by atoms with Crippen LogP contribution in [0.2, 0.25) is 0 Å². The summed E-state index contributed by atoms with van der Waals surface area (Å²) < 4.78 is 0. The molecule has 2 fully saturated rings. The minimum atomic E-state index is -0.852. The van der Waals surface area contributed by atoms with Crippen LogP contribution in [0.4, 0.5) is 0 Å². The fraction of sp³-hybridized carbons (Fsp3) is 0.889. The van der Waals surface area contributed by atoms with Gasteiger partial charge in [0.15, 0.2) is 0 Å². The van der Waals surface area contributed by atoms with Gasteiger partial charge in [0.25, 0.3) is 0 Å². The summed E-state index contributed by atoms with van der Waals surface area (Å²) in [6.45, 7) is 0. The van der Waals surface area contributed by atoms with Gasteiger partial charge < -0.3 is 10.8 Å². The Hall–Kier alpha value is -0.570. The number of carboxylic acid groups (broad SMARTS) is 1. The third kappa shape index (κ3) is 1.04. The first kappa shape index (κ1) is 8.05. The average molecular weight is 169 g/mol. The highest BCUT2D eigenvalue weighted by Gasteiger charge is 2.60. The lowest BCUT2D eigenvalue weighted by molar-refractivity contribution is -0.140. The molecule has 0 bridgehead atoms. The van der Waals surface area contributed by atoms with Crippen molar-refractivity contribution in [2.24, 2.45) is 17.6 Å². The molecule has 3 heteroatoms. The third-order valence-electron chi connectivity index (χ3n) is 3.43. The molecule has 2 unspecified atom stereocenters. The van der Waals surface area contributed by atoms with Crippen LogP contribution >= 0.6 is 0 Å². The molecule has 0 aliphatic heterocycles. The average Bonchev–Trinajstić information content (AvgIpc) is 2.49. The lowest BCUT2D eigenvalue weighted by Gasteiger charge is -2.10. The van der Waals surface area contributed by atoms with Crippen molar-refractivity contribution in [3.63, 3.8) is 0 Å². The molecular formula is C9H15NO2. The summed E-state index contributed by atoms with van der Waals surface area (Å²) >= 11 is 0. The van der Waals surface area contributed by atoms with Crippen molar-refractivity contribution in [2.75, 3.05) is 0 Å². The van der Waals surface area contributed by atoms with E-state index in [4.69, 9.17) is 10.8 Å². The maximum absolute atomic E-state index is 10.7. The summed E-state index contributed by atoms with van der Waals surface area (Å²) in [5.74, 6) is 0.0722. The number of nitrogens with two attached hydrogens (primary N) is 1. The van der Waals surface area contributed by atoms with E-state index in [1.54, 1.807) is 0 Å². The van der Waals surface area contributed by atoms with Crippen molar-refractivity contribution in [3.8, 4) is 0 Å². The summed E-state index contributed by atoms with van der Waals surface area (Å²) in [6.07, 6.45) is 5.61. The van der Waals surface area contributed by atoms with E-state index in [2.05, 4.69) is 0 Å². The van der Waals surface area contributed by atoms with Crippen LogP contribution in [0.25, 0.3) is 0 Å². The van der Waals surface area contributed by atoms with E-state index in [0.29, 0.717) is 12.3 Å². The number of carbonyl (C=O) groups is 1. The maximum atomic E-state index is 10.7. The van der Waals surface area contributed by atoms with Gasteiger partial charge >= 0.3 is 5.97 Å². The van der Waals surface area contributed by atoms with Gasteiger partial charge in [0, 0.05) is 0 Å². The second kappa shape index (κ2) is 2.46. The zero-order chi connectivity index (χ0) is 8.77. The van der Waals surface area contributed by atoms with E-state index < -0.39 is 11.5 Å². The number of aliphatic carboxylic acids is 1. The van der Waals surface area contributed by atoms with Gasteiger partial charge in [-0.25, -0.2) is 0 Å². The van der Waals surface area contributed by atoms with E-state index in [9.17, 15) is 4.79 Å². The summed E-state index contributed by atoms with van der Waals surface area (Å²) in [7, 11) is 0. The number of hydrogen-bond acceptors (Lipinski definition) is 2. The molecule has 0 amide bonds. The molecular weight excluding hydrogens is 154 g/mol. The van der Waals surface area contributed by atoms with Crippen molar-refractivity contribution >= 4 is 5.97 Å². The molecule has 2 aliphatic rings. The van der Waals surface area contributed by atoms with Crippen molar-refractivity contribution in [2.45, 2.75) is 37.6 Å². The highest BCUT2D eigenvalue weighted by Crippen LogP contribution is 2.51. The summed E-state index contributed by atoms with van der Waals surface area (Å²) in [5.41, 5.74) is 4.86. The molecule has 0 radical (unpaired) electrons. The first-order valence-corrected chi connectivity index (χ1v) is 4.67. The molecule has 0 heterocycles. The third-order valence-corrected chi connectivity index (χ3v) is 3.43. The van der Waals surface area contributed by atoms with Crippen LogP contribution in [0.3, 0.4) is 0 Å². The molecule has 0 spiro atoms. The maximum Gasteiger partial charge on any atom is 0.323 e. The lowest BCUT2D eigenvalue weighted by Crippen LogP contribution is -2.36. The zero-order valence-electron chi connectivity index (χ0n) is 7.12. The van der Waals surface area contributed by atoms with E-state index in [-0.39, 0.29) is 5.92 Å². The van der Waals surface area contributed by atoms with E-state index in [0.717, 1.165) is 0 Å². The first-order valence-electron chi connectivity index (χ1n) is 4.67. The van der Waals surface area contributed by atoms with Gasteiger partial charge in [-0.2, -0.15) is 0 Å². The zero-order valence-corrected chi connectivity index (χ0v) is 7.12. The molecule has 2 aliphatic carbocycles. The Bertz CT molecular complexity index is 211. The van der Waals surface area contributed by atoms with Crippen LogP contribution in [-0.2, 0) is 4.79 Å². The Balaban J connectivity index is 1.97. The summed E-state index contributed by atoms with van der Waals surface area (Å²) in [4.78, 5) is 10.7. The first-order chi connectivity index (χ1) is 5.64.